The molecular formula is C31H53NO3. The molecule has 1 unspecified atom stereocenters. The Morgan fingerprint density at radius 3 is 1.91 bits per heavy atom. The summed E-state index contributed by atoms with van der Waals surface area (Å²) in [6.45, 7) is 19.9. The van der Waals surface area contributed by atoms with Gasteiger partial charge in [0.05, 0.1) is 5.92 Å². The summed E-state index contributed by atoms with van der Waals surface area (Å²) in [5.74, 6) is 1.16. The van der Waals surface area contributed by atoms with Crippen LogP contribution in [0.5, 0.6) is 5.75 Å². The number of carbonyl (C=O) groups is 1. The van der Waals surface area contributed by atoms with Gasteiger partial charge in [0.15, 0.2) is 0 Å². The van der Waals surface area contributed by atoms with Crippen molar-refractivity contribution in [1.82, 2.24) is 4.90 Å². The molecule has 1 fully saturated rings. The molecule has 35 heavy (non-hydrogen) atoms. The normalized spacial score (nSPS) is 19.3. The van der Waals surface area contributed by atoms with Crippen LogP contribution >= 0.6 is 0 Å². The van der Waals surface area contributed by atoms with Gasteiger partial charge in [0.1, 0.15) is 11.9 Å². The molecule has 1 N–H and O–H groups in total. The molecular weight excluding hydrogens is 434 g/mol. The van der Waals surface area contributed by atoms with Crippen molar-refractivity contribution in [2.24, 2.45) is 17.8 Å². The second-order valence-corrected chi connectivity index (χ2v) is 13.2. The smallest absolute Gasteiger partial charge is 0.309 e. The fraction of sp³-hybridized carbons (Fsp3) is 0.774. The topological polar surface area (TPSA) is 49.8 Å². The molecule has 0 amide bonds. The molecule has 1 atom stereocenters. The Balaban J connectivity index is 2.28. The number of nitrogens with zero attached hydrogens (tertiary/aromatic N) is 1. The van der Waals surface area contributed by atoms with Gasteiger partial charge in [0, 0.05) is 23.9 Å². The van der Waals surface area contributed by atoms with E-state index in [4.69, 9.17) is 4.74 Å². The molecule has 0 spiro atoms. The quantitative estimate of drug-likeness (QED) is 0.332. The van der Waals surface area contributed by atoms with Crippen LogP contribution in [0, 0.1) is 17.8 Å². The maximum absolute atomic E-state index is 13.5. The zero-order valence-electron chi connectivity index (χ0n) is 24.3. The van der Waals surface area contributed by atoms with E-state index < -0.39 is 0 Å². The van der Waals surface area contributed by atoms with Crippen LogP contribution in [0.4, 0.5) is 0 Å². The Bertz CT molecular complexity index is 791. The van der Waals surface area contributed by atoms with Gasteiger partial charge in [-0.1, -0.05) is 59.6 Å². The van der Waals surface area contributed by atoms with Crippen molar-refractivity contribution in [3.05, 3.63) is 28.8 Å². The van der Waals surface area contributed by atoms with Crippen LogP contribution in [-0.2, 0) is 28.8 Å². The number of benzene rings is 1. The fourth-order valence-corrected chi connectivity index (χ4v) is 5.80. The van der Waals surface area contributed by atoms with Gasteiger partial charge in [-0.3, -0.25) is 9.69 Å². The van der Waals surface area contributed by atoms with Crippen molar-refractivity contribution in [2.45, 2.75) is 131 Å². The Labute approximate surface area is 215 Å². The Hall–Kier alpha value is -1.55. The van der Waals surface area contributed by atoms with Crippen LogP contribution in [0.3, 0.4) is 0 Å². The third kappa shape index (κ3) is 8.23. The molecule has 4 nitrogen and oxygen atoms in total. The van der Waals surface area contributed by atoms with Crippen molar-refractivity contribution in [3.63, 3.8) is 0 Å². The van der Waals surface area contributed by atoms with Gasteiger partial charge in [0.2, 0.25) is 0 Å². The predicted octanol–water partition coefficient (Wildman–Crippen LogP) is 7.33. The van der Waals surface area contributed by atoms with Crippen molar-refractivity contribution >= 4 is 5.97 Å². The largest absolute Gasteiger partial charge is 0.507 e. The third-order valence-corrected chi connectivity index (χ3v) is 7.86. The fourth-order valence-electron chi connectivity index (χ4n) is 5.80. The highest BCUT2D eigenvalue weighted by Gasteiger charge is 2.44. The molecule has 0 radical (unpaired) electrons. The van der Waals surface area contributed by atoms with Crippen molar-refractivity contribution in [3.8, 4) is 5.75 Å². The molecule has 1 saturated heterocycles. The zero-order valence-corrected chi connectivity index (χ0v) is 24.3. The summed E-state index contributed by atoms with van der Waals surface area (Å²) in [5.41, 5.74) is 3.14. The van der Waals surface area contributed by atoms with Gasteiger partial charge in [-0.15, -0.1) is 0 Å². The first-order valence-corrected chi connectivity index (χ1v) is 13.9. The Kier molecular flexibility index (Phi) is 10.3. The molecule has 0 saturated carbocycles. The van der Waals surface area contributed by atoms with E-state index in [1.54, 1.807) is 0 Å². The molecule has 1 heterocycles. The first-order valence-electron chi connectivity index (χ1n) is 13.9. The summed E-state index contributed by atoms with van der Waals surface area (Å²) < 4.78 is 6.24. The van der Waals surface area contributed by atoms with E-state index in [1.165, 1.54) is 0 Å². The van der Waals surface area contributed by atoms with E-state index in [0.717, 1.165) is 61.6 Å². The van der Waals surface area contributed by atoms with Crippen LogP contribution < -0.4 is 0 Å². The number of phenolic OH excluding ortho intramolecular Hbond substituents is 1. The molecule has 200 valence electrons. The number of phenols is 1. The molecule has 1 aliphatic rings. The molecule has 4 heteroatoms. The van der Waals surface area contributed by atoms with E-state index in [9.17, 15) is 9.90 Å². The average molecular weight is 488 g/mol. The molecule has 1 aliphatic heterocycles. The number of carbonyl (C=O) groups excluding carboxylic acids is 1. The molecule has 0 aromatic heterocycles. The highest BCUT2D eigenvalue weighted by Crippen LogP contribution is 2.39. The van der Waals surface area contributed by atoms with E-state index in [2.05, 4.69) is 86.4 Å². The summed E-state index contributed by atoms with van der Waals surface area (Å²) in [7, 11) is 2.18. The van der Waals surface area contributed by atoms with Crippen molar-refractivity contribution < 1.29 is 14.6 Å². The summed E-state index contributed by atoms with van der Waals surface area (Å²) in [5, 5.41) is 10.9. The number of unbranched alkanes of at least 4 members (excludes halogenated alkanes) is 1. The maximum Gasteiger partial charge on any atom is 0.309 e. The second-order valence-electron chi connectivity index (χ2n) is 13.2. The van der Waals surface area contributed by atoms with Crippen LogP contribution in [0.25, 0.3) is 0 Å². The van der Waals surface area contributed by atoms with Crippen LogP contribution in [-0.4, -0.2) is 40.2 Å². The minimum absolute atomic E-state index is 0.0138. The predicted molar refractivity (Wildman–Crippen MR) is 147 cm³/mol. The van der Waals surface area contributed by atoms with E-state index in [1.807, 2.05) is 0 Å². The number of hydrogen-bond donors (Lipinski definition) is 1. The zero-order chi connectivity index (χ0) is 26.6. The molecule has 0 bridgehead atoms. The lowest BCUT2D eigenvalue weighted by Crippen LogP contribution is -2.60. The number of rotatable bonds is 11. The lowest BCUT2D eigenvalue weighted by Gasteiger charge is -2.53. The van der Waals surface area contributed by atoms with Gasteiger partial charge >= 0.3 is 5.97 Å². The number of esters is 1. The molecule has 2 rings (SSSR count). The Morgan fingerprint density at radius 2 is 1.49 bits per heavy atom. The van der Waals surface area contributed by atoms with Crippen LogP contribution in [0.2, 0.25) is 0 Å². The van der Waals surface area contributed by atoms with Crippen molar-refractivity contribution in [1.29, 1.82) is 0 Å². The second kappa shape index (κ2) is 12.1. The number of aromatic hydroxyl groups is 1. The van der Waals surface area contributed by atoms with Crippen LogP contribution in [0.15, 0.2) is 12.1 Å². The standard InChI is InChI=1S/C31H53NO3/c1-11-12-13-24(29(34)35-27-19-30(6,7)32(10)31(8,9)20-27)16-23-17-25(14-21(2)3)28(33)26(18-23)15-22(4)5/h17-18,21-22,24,27,33H,11-16,19-20H2,1-10H3. The monoisotopic (exact) mass is 487 g/mol. The molecule has 1 aromatic rings. The highest BCUT2D eigenvalue weighted by molar-refractivity contribution is 5.73. The summed E-state index contributed by atoms with van der Waals surface area (Å²) in [6, 6.07) is 4.26. The number of likely N-dealkylation sites (tertiary alicyclic amines) is 1. The number of piperidine rings is 1. The van der Waals surface area contributed by atoms with Crippen molar-refractivity contribution in [2.75, 3.05) is 7.05 Å². The Morgan fingerprint density at radius 1 is 1.00 bits per heavy atom. The summed E-state index contributed by atoms with van der Waals surface area (Å²) >= 11 is 0. The molecule has 1 aromatic carbocycles. The number of hydrogen-bond acceptors (Lipinski definition) is 4. The van der Waals surface area contributed by atoms with Crippen LogP contribution in [0.1, 0.15) is 111 Å². The van der Waals surface area contributed by atoms with Gasteiger partial charge < -0.3 is 9.84 Å². The average Bonchev–Trinajstić information content (AvgIpc) is 2.71. The SMILES string of the molecule is CCCCC(Cc1cc(CC(C)C)c(O)c(CC(C)C)c1)C(=O)OC1CC(C)(C)N(C)C(C)(C)C1. The molecule has 0 aliphatic carbocycles. The lowest BCUT2D eigenvalue weighted by atomic mass is 9.78. The van der Waals surface area contributed by atoms with Gasteiger partial charge in [-0.05, 0) is 89.0 Å². The van der Waals surface area contributed by atoms with E-state index >= 15 is 0 Å². The van der Waals surface area contributed by atoms with E-state index in [0.29, 0.717) is 24.0 Å². The lowest BCUT2D eigenvalue weighted by molar-refractivity contribution is -0.164. The highest BCUT2D eigenvalue weighted by atomic mass is 16.5. The summed E-state index contributed by atoms with van der Waals surface area (Å²) in [4.78, 5) is 16.0. The first-order chi connectivity index (χ1) is 16.2. The minimum Gasteiger partial charge on any atom is -0.507 e. The minimum atomic E-state index is -0.149. The summed E-state index contributed by atoms with van der Waals surface area (Å²) in [6.07, 6.45) is 6.93. The van der Waals surface area contributed by atoms with Gasteiger partial charge in [0.25, 0.3) is 0 Å². The maximum atomic E-state index is 13.5. The first kappa shape index (κ1) is 29.7. The number of ether oxygens (including phenoxy) is 1. The van der Waals surface area contributed by atoms with Gasteiger partial charge in [-0.25, -0.2) is 0 Å². The van der Waals surface area contributed by atoms with E-state index in [-0.39, 0.29) is 29.1 Å². The third-order valence-electron chi connectivity index (χ3n) is 7.86. The van der Waals surface area contributed by atoms with Gasteiger partial charge in [-0.2, -0.15) is 0 Å².